The van der Waals surface area contributed by atoms with Crippen molar-refractivity contribution in [1.29, 1.82) is 5.26 Å². The molecule has 1 aliphatic heterocycles. The summed E-state index contributed by atoms with van der Waals surface area (Å²) < 4.78 is 56.9. The zero-order chi connectivity index (χ0) is 27.0. The number of hydrogen-bond donors (Lipinski definition) is 1. The van der Waals surface area contributed by atoms with E-state index in [1.54, 1.807) is 6.92 Å². The van der Waals surface area contributed by atoms with Crippen LogP contribution in [0.5, 0.6) is 0 Å². The van der Waals surface area contributed by atoms with E-state index in [0.29, 0.717) is 29.0 Å². The molecule has 1 aromatic carbocycles. The molecule has 1 fully saturated rings. The topological polar surface area (TPSA) is 85.9 Å². The van der Waals surface area contributed by atoms with E-state index in [0.717, 1.165) is 48.0 Å². The van der Waals surface area contributed by atoms with Crippen LogP contribution in [-0.2, 0) is 6.54 Å². The monoisotopic (exact) mass is 544 g/mol. The number of pyridine rings is 1. The summed E-state index contributed by atoms with van der Waals surface area (Å²) in [4.78, 5) is 12.5. The molecule has 8 nitrogen and oxygen atoms in total. The number of piperazine rings is 1. The van der Waals surface area contributed by atoms with Gasteiger partial charge in [0.15, 0.2) is 10.9 Å². The Balaban J connectivity index is 1.70. The van der Waals surface area contributed by atoms with Gasteiger partial charge in [0.25, 0.3) is 0 Å². The van der Waals surface area contributed by atoms with Gasteiger partial charge in [0.1, 0.15) is 45.9 Å². The number of nitriles is 1. The summed E-state index contributed by atoms with van der Waals surface area (Å²) in [6, 6.07) is 9.25. The quantitative estimate of drug-likeness (QED) is 0.342. The lowest BCUT2D eigenvalue weighted by molar-refractivity contribution is -0.118. The third-order valence-electron chi connectivity index (χ3n) is 6.25. The predicted octanol–water partition coefficient (Wildman–Crippen LogP) is 5.00. The normalized spacial score (nSPS) is 14.2. The smallest absolute Gasteiger partial charge is 0.354 e. The van der Waals surface area contributed by atoms with Crippen LogP contribution in [0.25, 0.3) is 22.3 Å². The van der Waals surface area contributed by atoms with E-state index < -0.39 is 18.5 Å². The number of anilines is 3. The minimum atomic E-state index is -4.59. The number of nitrogens with zero attached hydrogens (tertiary/aromatic N) is 7. The number of halogens is 4. The van der Waals surface area contributed by atoms with Crippen molar-refractivity contribution in [2.75, 3.05) is 42.5 Å². The third-order valence-corrected chi connectivity index (χ3v) is 7.23. The highest BCUT2D eigenvalue weighted by molar-refractivity contribution is 7.16. The number of alkyl halides is 3. The number of aromatic nitrogens is 4. The Labute approximate surface area is 220 Å². The Hall–Kier alpha value is -3.76. The molecular formula is C25H24F4N8S. The van der Waals surface area contributed by atoms with E-state index in [1.807, 2.05) is 19.1 Å². The molecule has 0 amide bonds. The zero-order valence-electron chi connectivity index (χ0n) is 20.7. The summed E-state index contributed by atoms with van der Waals surface area (Å²) in [6.07, 6.45) is -4.59. The molecule has 3 aromatic heterocycles. The number of fused-ring (bicyclic) bond motifs is 1. The standard InChI is InChI=1S/C25H24F4N8S/c1-3-37-23(22-20(34-37)15(2)12-19(32-22)35-10-8-31-9-11-35)36(14-25(27,28)29)24-33-21(18(13-30)38-24)16-4-6-17(26)7-5-16/h4-7,12,31H,3,8-11,14H2,1-2H3. The molecule has 4 heterocycles. The second kappa shape index (κ2) is 10.2. The average molecular weight is 545 g/mol. The molecule has 0 spiro atoms. The van der Waals surface area contributed by atoms with Gasteiger partial charge in [0, 0.05) is 38.3 Å². The van der Waals surface area contributed by atoms with Gasteiger partial charge in [-0.25, -0.2) is 19.0 Å². The molecule has 0 bridgehead atoms. The molecule has 1 saturated heterocycles. The first-order chi connectivity index (χ1) is 18.2. The van der Waals surface area contributed by atoms with Crippen molar-refractivity contribution in [3.63, 3.8) is 0 Å². The van der Waals surface area contributed by atoms with Gasteiger partial charge in [-0.15, -0.1) is 0 Å². The minimum Gasteiger partial charge on any atom is -0.354 e. The molecule has 1 aliphatic rings. The average Bonchev–Trinajstić information content (AvgIpc) is 3.50. The van der Waals surface area contributed by atoms with Gasteiger partial charge in [0.05, 0.1) is 0 Å². The molecule has 0 unspecified atom stereocenters. The van der Waals surface area contributed by atoms with E-state index in [2.05, 4.69) is 20.3 Å². The maximum atomic E-state index is 14.0. The lowest BCUT2D eigenvalue weighted by Gasteiger charge is -2.29. The van der Waals surface area contributed by atoms with E-state index in [1.165, 1.54) is 28.9 Å². The number of benzene rings is 1. The van der Waals surface area contributed by atoms with Crippen LogP contribution in [0, 0.1) is 24.1 Å². The van der Waals surface area contributed by atoms with E-state index in [4.69, 9.17) is 4.98 Å². The van der Waals surface area contributed by atoms with Crippen LogP contribution in [0.4, 0.5) is 34.3 Å². The molecule has 4 aromatic rings. The Morgan fingerprint density at radius 1 is 1.13 bits per heavy atom. The Morgan fingerprint density at radius 3 is 2.47 bits per heavy atom. The summed E-state index contributed by atoms with van der Waals surface area (Å²) in [6.45, 7) is 5.60. The number of hydrogen-bond acceptors (Lipinski definition) is 8. The summed E-state index contributed by atoms with van der Waals surface area (Å²) in [5.74, 6) is 0.356. The summed E-state index contributed by atoms with van der Waals surface area (Å²) in [5, 5.41) is 17.6. The molecule has 1 N–H and O–H groups in total. The molecule has 5 rings (SSSR count). The van der Waals surface area contributed by atoms with E-state index in [9.17, 15) is 22.8 Å². The van der Waals surface area contributed by atoms with Crippen molar-refractivity contribution in [2.45, 2.75) is 26.6 Å². The van der Waals surface area contributed by atoms with Crippen molar-refractivity contribution in [3.05, 3.63) is 46.6 Å². The van der Waals surface area contributed by atoms with Gasteiger partial charge >= 0.3 is 6.18 Å². The third kappa shape index (κ3) is 5.01. The number of rotatable bonds is 6. The van der Waals surface area contributed by atoms with Crippen molar-refractivity contribution >= 4 is 39.1 Å². The van der Waals surface area contributed by atoms with Gasteiger partial charge in [-0.1, -0.05) is 11.3 Å². The van der Waals surface area contributed by atoms with Crippen LogP contribution in [0.1, 0.15) is 17.4 Å². The van der Waals surface area contributed by atoms with Crippen LogP contribution in [0.15, 0.2) is 30.3 Å². The van der Waals surface area contributed by atoms with Crippen LogP contribution >= 0.6 is 11.3 Å². The van der Waals surface area contributed by atoms with Crippen LogP contribution in [0.3, 0.4) is 0 Å². The Bertz CT molecular complexity index is 1500. The first-order valence-electron chi connectivity index (χ1n) is 12.0. The highest BCUT2D eigenvalue weighted by Gasteiger charge is 2.36. The van der Waals surface area contributed by atoms with Gasteiger partial charge < -0.3 is 10.2 Å². The second-order valence-electron chi connectivity index (χ2n) is 8.87. The first kappa shape index (κ1) is 25.9. The fourth-order valence-corrected chi connectivity index (χ4v) is 5.37. The van der Waals surface area contributed by atoms with Gasteiger partial charge in [-0.3, -0.25) is 4.90 Å². The molecule has 198 valence electrons. The van der Waals surface area contributed by atoms with Crippen molar-refractivity contribution in [3.8, 4) is 17.3 Å². The molecule has 0 aliphatic carbocycles. The first-order valence-corrected chi connectivity index (χ1v) is 12.8. The SMILES string of the molecule is CCn1nc2c(C)cc(N3CCNCC3)nc2c1N(CC(F)(F)F)c1nc(-c2ccc(F)cc2)c(C#N)s1. The van der Waals surface area contributed by atoms with E-state index >= 15 is 0 Å². The number of aryl methyl sites for hydroxylation is 2. The van der Waals surface area contributed by atoms with Crippen molar-refractivity contribution < 1.29 is 17.6 Å². The van der Waals surface area contributed by atoms with Gasteiger partial charge in [0.2, 0.25) is 0 Å². The van der Waals surface area contributed by atoms with Gasteiger partial charge in [-0.2, -0.15) is 23.5 Å². The van der Waals surface area contributed by atoms with Crippen LogP contribution in [0.2, 0.25) is 0 Å². The Kier molecular flexibility index (Phi) is 6.93. The molecule has 38 heavy (non-hydrogen) atoms. The fraction of sp³-hybridized carbons (Fsp3) is 0.360. The highest BCUT2D eigenvalue weighted by atomic mass is 32.1. The maximum Gasteiger partial charge on any atom is 0.406 e. The Morgan fingerprint density at radius 2 is 1.84 bits per heavy atom. The van der Waals surface area contributed by atoms with Crippen molar-refractivity contribution in [2.24, 2.45) is 0 Å². The zero-order valence-corrected chi connectivity index (χ0v) is 21.5. The largest absolute Gasteiger partial charge is 0.406 e. The van der Waals surface area contributed by atoms with E-state index in [-0.39, 0.29) is 21.5 Å². The molecular weight excluding hydrogens is 520 g/mol. The summed E-state index contributed by atoms with van der Waals surface area (Å²) in [7, 11) is 0. The predicted molar refractivity (Wildman–Crippen MR) is 138 cm³/mol. The van der Waals surface area contributed by atoms with Crippen molar-refractivity contribution in [1.82, 2.24) is 25.1 Å². The fourth-order valence-electron chi connectivity index (χ4n) is 4.48. The van der Waals surface area contributed by atoms with Crippen LogP contribution < -0.4 is 15.1 Å². The second-order valence-corrected chi connectivity index (χ2v) is 9.84. The van der Waals surface area contributed by atoms with Gasteiger partial charge in [-0.05, 0) is 49.7 Å². The molecule has 0 saturated carbocycles. The molecule has 0 atom stereocenters. The lowest BCUT2D eigenvalue weighted by Crippen LogP contribution is -2.43. The summed E-state index contributed by atoms with van der Waals surface area (Å²) >= 11 is 0.842. The highest BCUT2D eigenvalue weighted by Crippen LogP contribution is 2.41. The summed E-state index contributed by atoms with van der Waals surface area (Å²) in [5.41, 5.74) is 2.26. The van der Waals surface area contributed by atoms with Crippen LogP contribution in [-0.4, -0.2) is 58.6 Å². The minimum absolute atomic E-state index is 0.0262. The lowest BCUT2D eigenvalue weighted by atomic mass is 10.1. The maximum absolute atomic E-state index is 14.0. The number of thiazole rings is 1. The number of nitrogens with one attached hydrogen (secondary N) is 1. The molecule has 13 heteroatoms. The molecule has 0 radical (unpaired) electrons.